The number of benzene rings is 1. The Bertz CT molecular complexity index is 1750. The summed E-state index contributed by atoms with van der Waals surface area (Å²) in [5, 5.41) is 15.5. The van der Waals surface area contributed by atoms with E-state index in [0.717, 1.165) is 10.6 Å². The van der Waals surface area contributed by atoms with Crippen LogP contribution in [0.4, 0.5) is 25.5 Å². The molecule has 4 heterocycles. The summed E-state index contributed by atoms with van der Waals surface area (Å²) in [5.74, 6) is -0.843. The van der Waals surface area contributed by atoms with Gasteiger partial charge >= 0.3 is 0 Å². The van der Waals surface area contributed by atoms with E-state index in [0.29, 0.717) is 10.0 Å². The second kappa shape index (κ2) is 9.94. The Balaban J connectivity index is 1.63. The number of fused-ring (bicyclic) bond motifs is 1. The van der Waals surface area contributed by atoms with Crippen molar-refractivity contribution in [1.82, 2.24) is 24.3 Å². The summed E-state index contributed by atoms with van der Waals surface area (Å²) in [5.41, 5.74) is 6.75. The molecule has 4 aromatic heterocycles. The first-order chi connectivity index (χ1) is 18.3. The Kier molecular flexibility index (Phi) is 6.51. The molecule has 1 atom stereocenters. The second-order valence-electron chi connectivity index (χ2n) is 8.27. The van der Waals surface area contributed by atoms with Crippen molar-refractivity contribution in [2.45, 2.75) is 13.0 Å². The fourth-order valence-electron chi connectivity index (χ4n) is 4.02. The van der Waals surface area contributed by atoms with E-state index in [-0.39, 0.29) is 45.4 Å². The third-order valence-electron chi connectivity index (χ3n) is 5.78. The molecule has 0 aliphatic heterocycles. The van der Waals surface area contributed by atoms with Gasteiger partial charge in [0.1, 0.15) is 35.2 Å². The van der Waals surface area contributed by atoms with Crippen molar-refractivity contribution in [3.8, 4) is 11.1 Å². The highest BCUT2D eigenvalue weighted by Gasteiger charge is 2.24. The third-order valence-corrected chi connectivity index (χ3v) is 6.82. The van der Waals surface area contributed by atoms with Crippen LogP contribution in [-0.4, -0.2) is 37.1 Å². The Morgan fingerprint density at radius 2 is 1.97 bits per heavy atom. The lowest BCUT2D eigenvalue weighted by Gasteiger charge is -2.20. The molecule has 5 rings (SSSR count). The van der Waals surface area contributed by atoms with Gasteiger partial charge in [-0.3, -0.25) is 14.6 Å². The standard InChI is InChI=1S/C25H21F2N9OS/c1-12(34-23-19(22(29)32-11-33-23)20(28)16-9-31-25(30-2)38-16)21-18(13-4-3-5-14(26)8-13)24(37)36-10-15(27)6-7-17(36)35-21/h3-12,28H,1-2H3,(H,30,31)(H3,29,32,33,34). The molecule has 0 aliphatic carbocycles. The molecule has 0 saturated heterocycles. The van der Waals surface area contributed by atoms with Crippen LogP contribution in [-0.2, 0) is 0 Å². The quantitative estimate of drug-likeness (QED) is 0.229. The third kappa shape index (κ3) is 4.54. The predicted octanol–water partition coefficient (Wildman–Crippen LogP) is 4.10. The molecule has 10 nitrogen and oxygen atoms in total. The minimum absolute atomic E-state index is 0.0594. The molecular weight excluding hydrogens is 512 g/mol. The van der Waals surface area contributed by atoms with Crippen molar-refractivity contribution in [3.63, 3.8) is 0 Å². The molecule has 38 heavy (non-hydrogen) atoms. The largest absolute Gasteiger partial charge is 0.383 e. The van der Waals surface area contributed by atoms with Crippen molar-refractivity contribution < 1.29 is 8.78 Å². The van der Waals surface area contributed by atoms with Gasteiger partial charge in [0, 0.05) is 19.4 Å². The van der Waals surface area contributed by atoms with Crippen molar-refractivity contribution in [2.24, 2.45) is 0 Å². The highest BCUT2D eigenvalue weighted by molar-refractivity contribution is 7.17. The lowest BCUT2D eigenvalue weighted by Crippen LogP contribution is -2.24. The first-order valence-electron chi connectivity index (χ1n) is 11.3. The average molecular weight is 534 g/mol. The smallest absolute Gasteiger partial charge is 0.266 e. The molecule has 1 unspecified atom stereocenters. The summed E-state index contributed by atoms with van der Waals surface area (Å²) >= 11 is 1.27. The zero-order valence-electron chi connectivity index (χ0n) is 20.2. The molecule has 192 valence electrons. The minimum atomic E-state index is -0.675. The van der Waals surface area contributed by atoms with Crippen LogP contribution >= 0.6 is 11.3 Å². The van der Waals surface area contributed by atoms with Gasteiger partial charge in [-0.05, 0) is 36.8 Å². The Morgan fingerprint density at radius 1 is 1.16 bits per heavy atom. The number of nitrogens with two attached hydrogens (primary N) is 1. The number of nitrogens with one attached hydrogen (secondary N) is 3. The molecule has 5 N–H and O–H groups in total. The van der Waals surface area contributed by atoms with Gasteiger partial charge < -0.3 is 16.4 Å². The summed E-state index contributed by atoms with van der Waals surface area (Å²) in [6.45, 7) is 1.74. The molecule has 0 aliphatic rings. The van der Waals surface area contributed by atoms with Gasteiger partial charge in [0.15, 0.2) is 5.13 Å². The van der Waals surface area contributed by atoms with E-state index >= 15 is 0 Å². The Labute approximate surface area is 218 Å². The number of aromatic nitrogens is 5. The van der Waals surface area contributed by atoms with Gasteiger partial charge in [0.2, 0.25) is 0 Å². The van der Waals surface area contributed by atoms with Crippen LogP contribution in [0.3, 0.4) is 0 Å². The Hall–Kier alpha value is -4.78. The summed E-state index contributed by atoms with van der Waals surface area (Å²) in [7, 11) is 1.73. The number of nitrogens with zero attached hydrogens (tertiary/aromatic N) is 5. The summed E-state index contributed by atoms with van der Waals surface area (Å²) in [6.07, 6.45) is 3.84. The molecule has 0 bridgehead atoms. The van der Waals surface area contributed by atoms with E-state index in [1.807, 2.05) is 0 Å². The van der Waals surface area contributed by atoms with Crippen LogP contribution in [0.1, 0.15) is 29.1 Å². The fourth-order valence-corrected chi connectivity index (χ4v) is 4.74. The van der Waals surface area contributed by atoms with Crippen molar-refractivity contribution >= 4 is 39.5 Å². The Morgan fingerprint density at radius 3 is 2.71 bits per heavy atom. The lowest BCUT2D eigenvalue weighted by atomic mass is 10.0. The molecule has 0 spiro atoms. The van der Waals surface area contributed by atoms with Crippen LogP contribution < -0.4 is 21.9 Å². The van der Waals surface area contributed by atoms with Crippen molar-refractivity contribution in [1.29, 1.82) is 5.41 Å². The first-order valence-corrected chi connectivity index (χ1v) is 12.2. The summed E-state index contributed by atoms with van der Waals surface area (Å²) in [6, 6.07) is 7.44. The summed E-state index contributed by atoms with van der Waals surface area (Å²) < 4.78 is 29.2. The van der Waals surface area contributed by atoms with Gasteiger partial charge in [-0.1, -0.05) is 23.5 Å². The first kappa shape index (κ1) is 24.9. The van der Waals surface area contributed by atoms with E-state index in [1.54, 1.807) is 26.2 Å². The maximum Gasteiger partial charge on any atom is 0.266 e. The highest BCUT2D eigenvalue weighted by atomic mass is 32.1. The number of anilines is 3. The van der Waals surface area contributed by atoms with Gasteiger partial charge in [-0.2, -0.15) is 0 Å². The van der Waals surface area contributed by atoms with Crippen molar-refractivity contribution in [2.75, 3.05) is 23.4 Å². The topological polar surface area (TPSA) is 147 Å². The van der Waals surface area contributed by atoms with E-state index < -0.39 is 23.2 Å². The van der Waals surface area contributed by atoms with Crippen LogP contribution in [0, 0.1) is 17.0 Å². The van der Waals surface area contributed by atoms with Crippen LogP contribution in [0.25, 0.3) is 16.8 Å². The van der Waals surface area contributed by atoms with Gasteiger partial charge in [0.25, 0.3) is 5.56 Å². The van der Waals surface area contributed by atoms with Crippen LogP contribution in [0.15, 0.2) is 59.9 Å². The summed E-state index contributed by atoms with van der Waals surface area (Å²) in [4.78, 5) is 31.2. The molecule has 1 aromatic carbocycles. The normalized spacial score (nSPS) is 11.9. The number of nitrogen functional groups attached to an aromatic ring is 1. The van der Waals surface area contributed by atoms with Crippen LogP contribution in [0.5, 0.6) is 0 Å². The number of hydrogen-bond donors (Lipinski definition) is 4. The molecule has 0 fully saturated rings. The number of rotatable bonds is 7. The fraction of sp³-hybridized carbons (Fsp3) is 0.120. The van der Waals surface area contributed by atoms with Crippen molar-refractivity contribution in [3.05, 3.63) is 93.2 Å². The monoisotopic (exact) mass is 533 g/mol. The minimum Gasteiger partial charge on any atom is -0.383 e. The zero-order chi connectivity index (χ0) is 27.0. The van der Waals surface area contributed by atoms with Gasteiger partial charge in [-0.15, -0.1) is 0 Å². The van der Waals surface area contributed by atoms with Crippen LogP contribution in [0.2, 0.25) is 0 Å². The number of thiazole rings is 1. The number of hydrogen-bond acceptors (Lipinski definition) is 10. The van der Waals surface area contributed by atoms with E-state index in [9.17, 15) is 13.6 Å². The highest BCUT2D eigenvalue weighted by Crippen LogP contribution is 2.31. The SMILES string of the molecule is CNc1ncc(C(=N)c2c(N)ncnc2NC(C)c2nc3ccc(F)cn3c(=O)c2-c2cccc(F)c2)s1. The van der Waals surface area contributed by atoms with Gasteiger partial charge in [-0.25, -0.2) is 28.7 Å². The maximum absolute atomic E-state index is 14.1. The average Bonchev–Trinajstić information content (AvgIpc) is 3.38. The second-order valence-corrected chi connectivity index (χ2v) is 9.30. The van der Waals surface area contributed by atoms with E-state index in [2.05, 4.69) is 30.6 Å². The molecule has 13 heteroatoms. The molecule has 0 saturated carbocycles. The zero-order valence-corrected chi connectivity index (χ0v) is 21.0. The molecule has 0 radical (unpaired) electrons. The molecule has 5 aromatic rings. The maximum atomic E-state index is 14.1. The molecule has 0 amide bonds. The molecular formula is C25H21F2N9OS. The van der Waals surface area contributed by atoms with Gasteiger partial charge in [0.05, 0.1) is 33.5 Å². The van der Waals surface area contributed by atoms with E-state index in [4.69, 9.17) is 11.1 Å². The number of halogens is 2. The number of pyridine rings is 1. The van der Waals surface area contributed by atoms with E-state index in [1.165, 1.54) is 48.0 Å². The predicted molar refractivity (Wildman–Crippen MR) is 143 cm³/mol. The lowest BCUT2D eigenvalue weighted by molar-refractivity contribution is 0.617.